The quantitative estimate of drug-likeness (QED) is 0.172. The molecular weight excluding hydrogens is 639 g/mol. The first-order valence-electron chi connectivity index (χ1n) is 16.5. The van der Waals surface area contributed by atoms with Gasteiger partial charge in [0.15, 0.2) is 0 Å². The van der Waals surface area contributed by atoms with Gasteiger partial charge in [-0.2, -0.15) is 15.8 Å². The van der Waals surface area contributed by atoms with Crippen LogP contribution in [0.15, 0.2) is 140 Å². The fourth-order valence-electron chi connectivity index (χ4n) is 6.66. The Balaban J connectivity index is 1.17. The normalized spacial score (nSPS) is 11.0. The molecule has 0 spiro atoms. The SMILES string of the molecule is N#Cc1cccc(-c2ccc3ccc4ccc(-c5cc(C#N)cc(-c6ccc7ccc8ccc(-c9cccc(C#N)c9)nc8c7n6)c5)nc4c3n2)c1. The lowest BCUT2D eigenvalue weighted by Crippen LogP contribution is -1.93. The summed E-state index contributed by atoms with van der Waals surface area (Å²) < 4.78 is 0. The molecule has 0 unspecified atom stereocenters. The summed E-state index contributed by atoms with van der Waals surface area (Å²) in [5.41, 5.74) is 10.8. The van der Waals surface area contributed by atoms with Gasteiger partial charge in [-0.15, -0.1) is 0 Å². The fraction of sp³-hybridized carbons (Fsp3) is 0. The first kappa shape index (κ1) is 30.3. The predicted octanol–water partition coefficient (Wildman–Crippen LogP) is 10.2. The summed E-state index contributed by atoms with van der Waals surface area (Å²) in [5, 5.41) is 32.7. The van der Waals surface area contributed by atoms with E-state index in [0.29, 0.717) is 28.1 Å². The lowest BCUT2D eigenvalue weighted by Gasteiger charge is -2.11. The van der Waals surface area contributed by atoms with E-state index >= 15 is 0 Å². The lowest BCUT2D eigenvalue weighted by molar-refractivity contribution is 1.35. The molecule has 0 N–H and O–H groups in total. The zero-order valence-electron chi connectivity index (χ0n) is 27.4. The van der Waals surface area contributed by atoms with Gasteiger partial charge in [-0.1, -0.05) is 72.8 Å². The van der Waals surface area contributed by atoms with Gasteiger partial charge >= 0.3 is 0 Å². The van der Waals surface area contributed by atoms with Gasteiger partial charge in [0.1, 0.15) is 0 Å². The van der Waals surface area contributed by atoms with Crippen LogP contribution in [0.2, 0.25) is 0 Å². The summed E-state index contributed by atoms with van der Waals surface area (Å²) >= 11 is 0. The standard InChI is InChI=1S/C45H23N7/c46-24-27-3-1-5-34(19-27)38-15-11-30-7-9-32-13-17-40(51-44(32)42(30)49-38)36-21-29(26-48)22-37(23-36)41-18-14-33-10-8-31-12-16-39(50-43(31)45(33)52-41)35-6-2-4-28(20-35)25-47/h1-23H. The van der Waals surface area contributed by atoms with Crippen molar-refractivity contribution < 1.29 is 0 Å². The second-order valence-corrected chi connectivity index (χ2v) is 12.5. The number of benzene rings is 5. The van der Waals surface area contributed by atoms with Crippen molar-refractivity contribution in [2.75, 3.05) is 0 Å². The number of aromatic nitrogens is 4. The second kappa shape index (κ2) is 12.3. The number of nitriles is 3. The maximum absolute atomic E-state index is 10.1. The van der Waals surface area contributed by atoms with Gasteiger partial charge < -0.3 is 0 Å². The third-order valence-electron chi connectivity index (χ3n) is 9.27. The molecule has 9 rings (SSSR count). The van der Waals surface area contributed by atoms with Gasteiger partial charge in [-0.25, -0.2) is 19.9 Å². The van der Waals surface area contributed by atoms with Gasteiger partial charge in [0.2, 0.25) is 0 Å². The fourth-order valence-corrected chi connectivity index (χ4v) is 6.66. The van der Waals surface area contributed by atoms with E-state index in [2.05, 4.69) is 18.2 Å². The van der Waals surface area contributed by atoms with Crippen molar-refractivity contribution in [2.45, 2.75) is 0 Å². The van der Waals surface area contributed by atoms with Crippen molar-refractivity contribution in [1.82, 2.24) is 19.9 Å². The molecule has 52 heavy (non-hydrogen) atoms. The van der Waals surface area contributed by atoms with Crippen LogP contribution >= 0.6 is 0 Å². The van der Waals surface area contributed by atoms with Gasteiger partial charge in [0.25, 0.3) is 0 Å². The van der Waals surface area contributed by atoms with Crippen LogP contribution < -0.4 is 0 Å². The average molecular weight is 662 g/mol. The molecule has 5 aromatic carbocycles. The molecule has 238 valence electrons. The minimum Gasteiger partial charge on any atom is -0.245 e. The highest BCUT2D eigenvalue weighted by molar-refractivity contribution is 6.05. The van der Waals surface area contributed by atoms with Gasteiger partial charge in [-0.3, -0.25) is 0 Å². The number of fused-ring (bicyclic) bond motifs is 6. The molecule has 0 atom stereocenters. The van der Waals surface area contributed by atoms with E-state index in [0.717, 1.165) is 77.3 Å². The number of hydrogen-bond acceptors (Lipinski definition) is 7. The van der Waals surface area contributed by atoms with Crippen LogP contribution in [0, 0.1) is 34.0 Å². The molecule has 7 heteroatoms. The Bertz CT molecular complexity index is 2870. The molecule has 7 nitrogen and oxygen atoms in total. The van der Waals surface area contributed by atoms with E-state index < -0.39 is 0 Å². The molecule has 0 radical (unpaired) electrons. The topological polar surface area (TPSA) is 123 Å². The highest BCUT2D eigenvalue weighted by Crippen LogP contribution is 2.33. The van der Waals surface area contributed by atoms with E-state index in [1.54, 1.807) is 12.1 Å². The molecule has 0 fully saturated rings. The third kappa shape index (κ3) is 5.31. The highest BCUT2D eigenvalue weighted by Gasteiger charge is 2.14. The largest absolute Gasteiger partial charge is 0.245 e. The Morgan fingerprint density at radius 1 is 0.308 bits per heavy atom. The molecule has 0 bridgehead atoms. The first-order valence-corrected chi connectivity index (χ1v) is 16.5. The molecule has 0 aliphatic heterocycles. The van der Waals surface area contributed by atoms with Crippen LogP contribution in [-0.2, 0) is 0 Å². The molecule has 4 heterocycles. The number of hydrogen-bond donors (Lipinski definition) is 0. The first-order chi connectivity index (χ1) is 25.6. The summed E-state index contributed by atoms with van der Waals surface area (Å²) in [6, 6.07) is 51.3. The maximum Gasteiger partial charge on any atom is 0.0992 e. The van der Waals surface area contributed by atoms with Crippen molar-refractivity contribution in [3.63, 3.8) is 0 Å². The summed E-state index contributed by atoms with van der Waals surface area (Å²) in [5.74, 6) is 0. The van der Waals surface area contributed by atoms with Crippen LogP contribution in [0.25, 0.3) is 88.6 Å². The van der Waals surface area contributed by atoms with Crippen molar-refractivity contribution in [2.24, 2.45) is 0 Å². The summed E-state index contributed by atoms with van der Waals surface area (Å²) in [7, 11) is 0. The summed E-state index contributed by atoms with van der Waals surface area (Å²) in [4.78, 5) is 20.3. The van der Waals surface area contributed by atoms with E-state index in [1.165, 1.54) is 0 Å². The molecule has 0 saturated heterocycles. The Labute approximate surface area is 298 Å². The van der Waals surface area contributed by atoms with E-state index in [1.807, 2.05) is 127 Å². The zero-order valence-corrected chi connectivity index (χ0v) is 27.4. The zero-order chi connectivity index (χ0) is 35.2. The van der Waals surface area contributed by atoms with Gasteiger partial charge in [-0.05, 0) is 66.7 Å². The Morgan fingerprint density at radius 2 is 0.615 bits per heavy atom. The maximum atomic E-state index is 10.1. The predicted molar refractivity (Wildman–Crippen MR) is 204 cm³/mol. The number of pyridine rings is 4. The van der Waals surface area contributed by atoms with Crippen molar-refractivity contribution in [1.29, 1.82) is 15.8 Å². The van der Waals surface area contributed by atoms with Crippen LogP contribution in [0.3, 0.4) is 0 Å². The van der Waals surface area contributed by atoms with Crippen molar-refractivity contribution in [3.05, 3.63) is 156 Å². The van der Waals surface area contributed by atoms with E-state index in [9.17, 15) is 15.8 Å². The molecule has 0 aliphatic rings. The monoisotopic (exact) mass is 661 g/mol. The molecule has 0 aliphatic carbocycles. The number of rotatable bonds is 4. The average Bonchev–Trinajstić information content (AvgIpc) is 3.22. The molecule has 9 aromatic rings. The molecule has 0 amide bonds. The summed E-state index contributed by atoms with van der Waals surface area (Å²) in [6.07, 6.45) is 0. The van der Waals surface area contributed by atoms with Crippen LogP contribution in [-0.4, -0.2) is 19.9 Å². The van der Waals surface area contributed by atoms with Crippen LogP contribution in [0.1, 0.15) is 16.7 Å². The van der Waals surface area contributed by atoms with Crippen molar-refractivity contribution in [3.8, 4) is 63.2 Å². The van der Waals surface area contributed by atoms with Crippen molar-refractivity contribution >= 4 is 43.6 Å². The molecule has 0 saturated carbocycles. The number of nitrogens with zero attached hydrogens (tertiary/aromatic N) is 7. The Hall–Kier alpha value is -7.79. The van der Waals surface area contributed by atoms with Crippen LogP contribution in [0.5, 0.6) is 0 Å². The Morgan fingerprint density at radius 3 is 0.962 bits per heavy atom. The van der Waals surface area contributed by atoms with E-state index in [-0.39, 0.29) is 0 Å². The minimum absolute atomic E-state index is 0.489. The second-order valence-electron chi connectivity index (χ2n) is 12.5. The smallest absolute Gasteiger partial charge is 0.0992 e. The Kier molecular flexibility index (Phi) is 7.15. The lowest BCUT2D eigenvalue weighted by atomic mass is 9.99. The summed E-state index contributed by atoms with van der Waals surface area (Å²) in [6.45, 7) is 0. The minimum atomic E-state index is 0.489. The van der Waals surface area contributed by atoms with Gasteiger partial charge in [0, 0.05) is 43.8 Å². The third-order valence-corrected chi connectivity index (χ3v) is 9.27. The van der Waals surface area contributed by atoms with Crippen LogP contribution in [0.4, 0.5) is 0 Å². The van der Waals surface area contributed by atoms with E-state index in [4.69, 9.17) is 19.9 Å². The molecule has 4 aromatic heterocycles. The molecular formula is C45H23N7. The van der Waals surface area contributed by atoms with Gasteiger partial charge in [0.05, 0.1) is 79.7 Å². The highest BCUT2D eigenvalue weighted by atomic mass is 14.8.